The van der Waals surface area contributed by atoms with Gasteiger partial charge in [0.2, 0.25) is 0 Å². The summed E-state index contributed by atoms with van der Waals surface area (Å²) in [7, 11) is 0. The van der Waals surface area contributed by atoms with E-state index in [0.717, 1.165) is 23.5 Å². The number of benzene rings is 1. The van der Waals surface area contributed by atoms with E-state index in [-0.39, 0.29) is 38.1 Å². The smallest absolute Gasteiger partial charge is 0.251 e. The third-order valence-corrected chi connectivity index (χ3v) is 4.89. The third kappa shape index (κ3) is 5.10. The van der Waals surface area contributed by atoms with Gasteiger partial charge in [0.1, 0.15) is 34.2 Å². The van der Waals surface area contributed by atoms with Crippen LogP contribution in [0, 0.1) is 23.0 Å². The number of allylic oxidation sites excluding steroid dienone is 3. The Kier molecular flexibility index (Phi) is 6.26. The van der Waals surface area contributed by atoms with E-state index in [1.54, 1.807) is 6.07 Å². The number of amides is 1. The lowest BCUT2D eigenvalue weighted by Crippen LogP contribution is -2.16. The lowest BCUT2D eigenvalue weighted by molar-refractivity contribution is 0.0778. The normalized spacial score (nSPS) is 12.6. The summed E-state index contributed by atoms with van der Waals surface area (Å²) in [5, 5.41) is 21.5. The maximum atomic E-state index is 14.6. The molecule has 0 saturated heterocycles. The zero-order valence-electron chi connectivity index (χ0n) is 15.6. The molecule has 152 valence electrons. The van der Waals surface area contributed by atoms with E-state index in [1.807, 2.05) is 0 Å². The summed E-state index contributed by atoms with van der Waals surface area (Å²) in [4.78, 5) is 11.8. The van der Waals surface area contributed by atoms with Crippen LogP contribution < -0.4 is 22.5 Å². The van der Waals surface area contributed by atoms with E-state index >= 15 is 0 Å². The maximum Gasteiger partial charge on any atom is 0.251 e. The predicted molar refractivity (Wildman–Crippen MR) is 107 cm³/mol. The molecule has 1 aromatic carbocycles. The van der Waals surface area contributed by atoms with Crippen LogP contribution in [0.2, 0.25) is 0 Å². The number of nitrogens with two attached hydrogens (primary N) is 3. The number of anilines is 1. The molecular weight excluding hydrogens is 400 g/mol. The molecule has 8 N–H and O–H groups in total. The first-order chi connectivity index (χ1) is 13.4. The van der Waals surface area contributed by atoms with Crippen LogP contribution in [-0.2, 0) is 5.60 Å². The first kappa shape index (κ1) is 21.9. The van der Waals surface area contributed by atoms with Gasteiger partial charge < -0.3 is 27.6 Å². The summed E-state index contributed by atoms with van der Waals surface area (Å²) in [5.41, 5.74) is 14.6. The molecule has 0 spiro atoms. The number of carbonyl (C=O) groups is 1. The fraction of sp³-hybridized carbons (Fsp3) is 0.158. The summed E-state index contributed by atoms with van der Waals surface area (Å²) in [6, 6.07) is 5.00. The molecule has 0 radical (unpaired) electrons. The number of rotatable bonds is 6. The van der Waals surface area contributed by atoms with Gasteiger partial charge in [0.05, 0.1) is 16.7 Å². The van der Waals surface area contributed by atoms with Crippen molar-refractivity contribution in [1.29, 1.82) is 5.26 Å². The minimum atomic E-state index is -1.43. The number of nitrogens with one attached hydrogen (secondary N) is 1. The molecule has 1 heterocycles. The number of nitrogens with zero attached hydrogens (tertiary/aromatic N) is 1. The Morgan fingerprint density at radius 3 is 2.28 bits per heavy atom. The van der Waals surface area contributed by atoms with Crippen molar-refractivity contribution in [3.05, 3.63) is 64.6 Å². The first-order valence-electron chi connectivity index (χ1n) is 8.20. The highest BCUT2D eigenvalue weighted by Crippen LogP contribution is 2.39. The number of nitriles is 1. The van der Waals surface area contributed by atoms with Crippen molar-refractivity contribution in [2.45, 2.75) is 19.4 Å². The third-order valence-electron chi connectivity index (χ3n) is 3.82. The Hall–Kier alpha value is -3.42. The highest BCUT2D eigenvalue weighted by molar-refractivity contribution is 7.19. The molecule has 29 heavy (non-hydrogen) atoms. The van der Waals surface area contributed by atoms with E-state index < -0.39 is 23.1 Å². The SMILES string of the molecule is CC(C)(O)c1cc(F)c(-c2cc(C(N)=O)c(N/C(N)=C/C=C(\N)C#N)s2)c(F)c1. The predicted octanol–water partition coefficient (Wildman–Crippen LogP) is 2.60. The van der Waals surface area contributed by atoms with Crippen LogP contribution in [-0.4, -0.2) is 11.0 Å². The second-order valence-corrected chi connectivity index (χ2v) is 7.62. The molecule has 7 nitrogen and oxygen atoms in total. The number of hydrogen-bond donors (Lipinski definition) is 5. The van der Waals surface area contributed by atoms with Crippen LogP contribution in [0.1, 0.15) is 29.8 Å². The van der Waals surface area contributed by atoms with Gasteiger partial charge in [-0.25, -0.2) is 8.78 Å². The number of thiophene rings is 1. The van der Waals surface area contributed by atoms with Crippen molar-refractivity contribution in [3.8, 4) is 16.5 Å². The van der Waals surface area contributed by atoms with Gasteiger partial charge >= 0.3 is 0 Å². The van der Waals surface area contributed by atoms with Gasteiger partial charge in [0, 0.05) is 4.88 Å². The Morgan fingerprint density at radius 2 is 1.79 bits per heavy atom. The highest BCUT2D eigenvalue weighted by atomic mass is 32.1. The van der Waals surface area contributed by atoms with Crippen molar-refractivity contribution in [1.82, 2.24) is 0 Å². The number of primary amides is 1. The number of halogens is 2. The molecule has 1 aromatic heterocycles. The molecule has 0 aliphatic rings. The van der Waals surface area contributed by atoms with Crippen LogP contribution in [0.15, 0.2) is 41.9 Å². The monoisotopic (exact) mass is 419 g/mol. The Balaban J connectivity index is 2.51. The summed E-state index contributed by atoms with van der Waals surface area (Å²) in [6.45, 7) is 2.81. The van der Waals surface area contributed by atoms with Gasteiger partial charge in [-0.3, -0.25) is 4.79 Å². The van der Waals surface area contributed by atoms with E-state index in [0.29, 0.717) is 0 Å². The summed E-state index contributed by atoms with van der Waals surface area (Å²) < 4.78 is 29.2. The van der Waals surface area contributed by atoms with E-state index in [9.17, 15) is 18.7 Å². The van der Waals surface area contributed by atoms with E-state index in [1.165, 1.54) is 32.1 Å². The van der Waals surface area contributed by atoms with Crippen molar-refractivity contribution >= 4 is 22.2 Å². The Labute approximate surface area is 169 Å². The van der Waals surface area contributed by atoms with Gasteiger partial charge in [-0.2, -0.15) is 5.26 Å². The lowest BCUT2D eigenvalue weighted by Gasteiger charge is -2.18. The fourth-order valence-corrected chi connectivity index (χ4v) is 3.47. The van der Waals surface area contributed by atoms with Crippen molar-refractivity contribution in [2.24, 2.45) is 17.2 Å². The van der Waals surface area contributed by atoms with Crippen LogP contribution in [0.5, 0.6) is 0 Å². The summed E-state index contributed by atoms with van der Waals surface area (Å²) >= 11 is 0.859. The van der Waals surface area contributed by atoms with Gasteiger partial charge in [-0.1, -0.05) is 0 Å². The van der Waals surface area contributed by atoms with Gasteiger partial charge in [0.25, 0.3) is 5.91 Å². The molecule has 0 atom stereocenters. The van der Waals surface area contributed by atoms with Crippen LogP contribution in [0.3, 0.4) is 0 Å². The molecule has 0 aliphatic carbocycles. The van der Waals surface area contributed by atoms with Crippen molar-refractivity contribution < 1.29 is 18.7 Å². The second-order valence-electron chi connectivity index (χ2n) is 6.57. The zero-order chi connectivity index (χ0) is 21.9. The van der Waals surface area contributed by atoms with Crippen LogP contribution >= 0.6 is 11.3 Å². The zero-order valence-corrected chi connectivity index (χ0v) is 16.4. The average Bonchev–Trinajstić information content (AvgIpc) is 3.01. The fourth-order valence-electron chi connectivity index (χ4n) is 2.34. The molecule has 2 aromatic rings. The van der Waals surface area contributed by atoms with Crippen molar-refractivity contribution in [2.75, 3.05) is 5.32 Å². The largest absolute Gasteiger partial charge is 0.390 e. The molecule has 1 amide bonds. The molecule has 0 saturated carbocycles. The van der Waals surface area contributed by atoms with Gasteiger partial charge in [-0.05, 0) is 49.8 Å². The molecule has 0 fully saturated rings. The molecule has 2 rings (SSSR count). The number of carbonyl (C=O) groups excluding carboxylic acids is 1. The molecule has 0 unspecified atom stereocenters. The summed E-state index contributed by atoms with van der Waals surface area (Å²) in [5.74, 6) is -2.61. The minimum absolute atomic E-state index is 0.0241. The second kappa shape index (κ2) is 8.30. The van der Waals surface area contributed by atoms with Crippen LogP contribution in [0.4, 0.5) is 13.8 Å². The number of aliphatic hydroxyl groups is 1. The molecule has 10 heteroatoms. The average molecular weight is 419 g/mol. The maximum absolute atomic E-state index is 14.6. The number of hydrogen-bond acceptors (Lipinski definition) is 7. The lowest BCUT2D eigenvalue weighted by atomic mass is 9.96. The standard InChI is InChI=1S/C19H19F2N5O2S/c1-19(2,28)9-5-12(20)16(13(21)6-9)14-7-11(17(25)27)18(29-14)26-15(24)4-3-10(23)8-22/h3-7,26,28H,23-24H2,1-2H3,(H2,25,27)/b10-3-,15-4+. The summed E-state index contributed by atoms with van der Waals surface area (Å²) in [6.07, 6.45) is 2.54. The van der Waals surface area contributed by atoms with Gasteiger partial charge in [0.15, 0.2) is 0 Å². The Bertz CT molecular complexity index is 1040. The highest BCUT2D eigenvalue weighted by Gasteiger charge is 2.24. The van der Waals surface area contributed by atoms with Gasteiger partial charge in [-0.15, -0.1) is 11.3 Å². The van der Waals surface area contributed by atoms with E-state index in [2.05, 4.69) is 5.32 Å². The van der Waals surface area contributed by atoms with Crippen LogP contribution in [0.25, 0.3) is 10.4 Å². The topological polar surface area (TPSA) is 151 Å². The molecule has 0 aliphatic heterocycles. The Morgan fingerprint density at radius 1 is 1.21 bits per heavy atom. The van der Waals surface area contributed by atoms with Crippen molar-refractivity contribution in [3.63, 3.8) is 0 Å². The van der Waals surface area contributed by atoms with E-state index in [4.69, 9.17) is 22.5 Å². The minimum Gasteiger partial charge on any atom is -0.390 e. The molecule has 0 bridgehead atoms. The quantitative estimate of drug-likeness (QED) is 0.359. The first-order valence-corrected chi connectivity index (χ1v) is 9.01. The molecular formula is C19H19F2N5O2S.